The highest BCUT2D eigenvalue weighted by molar-refractivity contribution is 5.82. The number of hydrogen-bond acceptors (Lipinski definition) is 3. The van der Waals surface area contributed by atoms with Crippen molar-refractivity contribution in [3.63, 3.8) is 0 Å². The van der Waals surface area contributed by atoms with Gasteiger partial charge in [-0.1, -0.05) is 18.9 Å². The lowest BCUT2D eigenvalue weighted by molar-refractivity contribution is -0.122. The molecule has 1 aromatic heterocycles. The van der Waals surface area contributed by atoms with Crippen LogP contribution in [0.25, 0.3) is 0 Å². The van der Waals surface area contributed by atoms with Crippen LogP contribution in [0.2, 0.25) is 0 Å². The van der Waals surface area contributed by atoms with Gasteiger partial charge >= 0.3 is 0 Å². The summed E-state index contributed by atoms with van der Waals surface area (Å²) in [5.41, 5.74) is 1.03. The SMILES string of the molecule is O=C(NCCc1ccccn1)C1CC2CCCCC2N1. The van der Waals surface area contributed by atoms with E-state index in [-0.39, 0.29) is 11.9 Å². The fraction of sp³-hybridized carbons (Fsp3) is 0.625. The number of aromatic nitrogens is 1. The smallest absolute Gasteiger partial charge is 0.237 e. The third-order valence-electron chi connectivity index (χ3n) is 4.59. The molecule has 1 amide bonds. The van der Waals surface area contributed by atoms with Crippen LogP contribution in [0.4, 0.5) is 0 Å². The monoisotopic (exact) mass is 273 g/mol. The first-order chi connectivity index (χ1) is 9.83. The maximum atomic E-state index is 12.2. The van der Waals surface area contributed by atoms with E-state index in [0.29, 0.717) is 12.6 Å². The predicted octanol–water partition coefficient (Wildman–Crippen LogP) is 1.66. The fourth-order valence-corrected chi connectivity index (χ4v) is 3.50. The highest BCUT2D eigenvalue weighted by Crippen LogP contribution is 2.33. The molecule has 2 aliphatic rings. The third kappa shape index (κ3) is 3.18. The minimum atomic E-state index is 0.0202. The van der Waals surface area contributed by atoms with Crippen molar-refractivity contribution < 1.29 is 4.79 Å². The van der Waals surface area contributed by atoms with Crippen molar-refractivity contribution in [1.29, 1.82) is 0 Å². The summed E-state index contributed by atoms with van der Waals surface area (Å²) in [4.78, 5) is 16.4. The van der Waals surface area contributed by atoms with Crippen molar-refractivity contribution in [2.45, 2.75) is 50.6 Å². The lowest BCUT2D eigenvalue weighted by Crippen LogP contribution is -2.43. The lowest BCUT2D eigenvalue weighted by atomic mass is 9.85. The quantitative estimate of drug-likeness (QED) is 0.877. The van der Waals surface area contributed by atoms with Gasteiger partial charge in [0.25, 0.3) is 0 Å². The molecule has 4 heteroatoms. The molecule has 4 nitrogen and oxygen atoms in total. The third-order valence-corrected chi connectivity index (χ3v) is 4.59. The summed E-state index contributed by atoms with van der Waals surface area (Å²) >= 11 is 0. The Kier molecular flexibility index (Phi) is 4.31. The van der Waals surface area contributed by atoms with Crippen LogP contribution in [0, 0.1) is 5.92 Å². The molecule has 3 atom stereocenters. The molecule has 2 N–H and O–H groups in total. The number of pyridine rings is 1. The molecule has 1 aliphatic heterocycles. The second-order valence-corrected chi connectivity index (χ2v) is 5.97. The fourth-order valence-electron chi connectivity index (χ4n) is 3.50. The Labute approximate surface area is 120 Å². The maximum Gasteiger partial charge on any atom is 0.237 e. The molecule has 1 saturated carbocycles. The minimum Gasteiger partial charge on any atom is -0.354 e. The summed E-state index contributed by atoms with van der Waals surface area (Å²) in [6, 6.07) is 6.48. The van der Waals surface area contributed by atoms with E-state index in [9.17, 15) is 4.79 Å². The number of nitrogens with one attached hydrogen (secondary N) is 2. The van der Waals surface area contributed by atoms with Gasteiger partial charge in [0.15, 0.2) is 0 Å². The van der Waals surface area contributed by atoms with Gasteiger partial charge in [0.05, 0.1) is 6.04 Å². The number of rotatable bonds is 4. The summed E-state index contributed by atoms with van der Waals surface area (Å²) < 4.78 is 0. The van der Waals surface area contributed by atoms with Gasteiger partial charge in [-0.25, -0.2) is 0 Å². The molecule has 108 valence electrons. The zero-order chi connectivity index (χ0) is 13.8. The molecule has 0 bridgehead atoms. The molecule has 2 fully saturated rings. The second-order valence-electron chi connectivity index (χ2n) is 5.97. The summed E-state index contributed by atoms with van der Waals surface area (Å²) in [5.74, 6) is 0.880. The van der Waals surface area contributed by atoms with Crippen LogP contribution in [0.1, 0.15) is 37.8 Å². The van der Waals surface area contributed by atoms with E-state index in [1.807, 2.05) is 18.2 Å². The average Bonchev–Trinajstić information content (AvgIpc) is 2.92. The topological polar surface area (TPSA) is 54.0 Å². The molecule has 3 unspecified atom stereocenters. The average molecular weight is 273 g/mol. The van der Waals surface area contributed by atoms with Crippen LogP contribution < -0.4 is 10.6 Å². The number of carbonyl (C=O) groups excluding carboxylic acids is 1. The minimum absolute atomic E-state index is 0.0202. The van der Waals surface area contributed by atoms with E-state index < -0.39 is 0 Å². The van der Waals surface area contributed by atoms with E-state index in [4.69, 9.17) is 0 Å². The number of amides is 1. The maximum absolute atomic E-state index is 12.2. The number of nitrogens with zero attached hydrogens (tertiary/aromatic N) is 1. The second kappa shape index (κ2) is 6.35. The largest absolute Gasteiger partial charge is 0.354 e. The normalized spacial score (nSPS) is 28.9. The molecule has 1 aromatic rings. The molecule has 1 aliphatic carbocycles. The zero-order valence-corrected chi connectivity index (χ0v) is 11.8. The Morgan fingerprint density at radius 1 is 1.35 bits per heavy atom. The first-order valence-electron chi connectivity index (χ1n) is 7.76. The summed E-state index contributed by atoms with van der Waals surface area (Å²) in [6.45, 7) is 0.670. The molecule has 20 heavy (non-hydrogen) atoms. The van der Waals surface area contributed by atoms with Crippen molar-refractivity contribution in [3.8, 4) is 0 Å². The molecule has 1 saturated heterocycles. The van der Waals surface area contributed by atoms with Gasteiger partial charge in [-0.05, 0) is 37.3 Å². The van der Waals surface area contributed by atoms with Crippen molar-refractivity contribution >= 4 is 5.91 Å². The van der Waals surface area contributed by atoms with E-state index in [1.54, 1.807) is 6.20 Å². The van der Waals surface area contributed by atoms with E-state index >= 15 is 0 Å². The molecule has 0 spiro atoms. The van der Waals surface area contributed by atoms with E-state index in [2.05, 4.69) is 15.6 Å². The Morgan fingerprint density at radius 2 is 2.25 bits per heavy atom. The highest BCUT2D eigenvalue weighted by atomic mass is 16.2. The Bertz CT molecular complexity index is 434. The van der Waals surface area contributed by atoms with Gasteiger partial charge in [-0.15, -0.1) is 0 Å². The molecule has 2 heterocycles. The van der Waals surface area contributed by atoms with Crippen molar-refractivity contribution in [3.05, 3.63) is 30.1 Å². The van der Waals surface area contributed by atoms with Gasteiger partial charge in [0.2, 0.25) is 5.91 Å². The van der Waals surface area contributed by atoms with E-state index in [1.165, 1.54) is 25.7 Å². The van der Waals surface area contributed by atoms with Gasteiger partial charge in [0.1, 0.15) is 0 Å². The molecule has 0 aromatic carbocycles. The van der Waals surface area contributed by atoms with Gasteiger partial charge < -0.3 is 10.6 Å². The molecular weight excluding hydrogens is 250 g/mol. The Hall–Kier alpha value is -1.42. The highest BCUT2D eigenvalue weighted by Gasteiger charge is 2.37. The molecule has 3 rings (SSSR count). The van der Waals surface area contributed by atoms with Gasteiger partial charge in [0, 0.05) is 30.9 Å². The summed E-state index contributed by atoms with van der Waals surface area (Å²) in [6.07, 6.45) is 8.77. The van der Waals surface area contributed by atoms with Crippen molar-refractivity contribution in [2.24, 2.45) is 5.92 Å². The van der Waals surface area contributed by atoms with Crippen LogP contribution in [0.5, 0.6) is 0 Å². The summed E-state index contributed by atoms with van der Waals surface area (Å²) in [7, 11) is 0. The molecule has 0 radical (unpaired) electrons. The Morgan fingerprint density at radius 3 is 3.05 bits per heavy atom. The number of fused-ring (bicyclic) bond motifs is 1. The van der Waals surface area contributed by atoms with Gasteiger partial charge in [-0.2, -0.15) is 0 Å². The van der Waals surface area contributed by atoms with Crippen molar-refractivity contribution in [1.82, 2.24) is 15.6 Å². The van der Waals surface area contributed by atoms with Crippen LogP contribution in [-0.4, -0.2) is 29.5 Å². The Balaban J connectivity index is 1.43. The van der Waals surface area contributed by atoms with Crippen molar-refractivity contribution in [2.75, 3.05) is 6.54 Å². The van der Waals surface area contributed by atoms with Crippen LogP contribution in [-0.2, 0) is 11.2 Å². The summed E-state index contributed by atoms with van der Waals surface area (Å²) in [5, 5.41) is 6.56. The van der Waals surface area contributed by atoms with E-state index in [0.717, 1.165) is 24.5 Å². The first kappa shape index (κ1) is 13.6. The standard InChI is InChI=1S/C16H23N3O/c20-16(18-10-8-13-6-3-4-9-17-13)15-11-12-5-1-2-7-14(12)19-15/h3-4,6,9,12,14-15,19H,1-2,5,7-8,10-11H2,(H,18,20). The number of carbonyl (C=O) groups is 1. The zero-order valence-electron chi connectivity index (χ0n) is 11.8. The van der Waals surface area contributed by atoms with Gasteiger partial charge in [-0.3, -0.25) is 9.78 Å². The lowest BCUT2D eigenvalue weighted by Gasteiger charge is -2.24. The first-order valence-corrected chi connectivity index (χ1v) is 7.76. The van der Waals surface area contributed by atoms with Crippen LogP contribution >= 0.6 is 0 Å². The van der Waals surface area contributed by atoms with Crippen LogP contribution in [0.15, 0.2) is 24.4 Å². The predicted molar refractivity (Wildman–Crippen MR) is 78.2 cm³/mol. The van der Waals surface area contributed by atoms with Crippen LogP contribution in [0.3, 0.4) is 0 Å². The molecular formula is C16H23N3O. The number of hydrogen-bond donors (Lipinski definition) is 2.